The summed E-state index contributed by atoms with van der Waals surface area (Å²) in [4.78, 5) is 0.268. The number of thiophene rings is 1. The van der Waals surface area contributed by atoms with Crippen LogP contribution in [-0.2, 0) is 20.0 Å². The third-order valence-corrected chi connectivity index (χ3v) is 9.94. The fourth-order valence-electron chi connectivity index (χ4n) is 2.94. The van der Waals surface area contributed by atoms with Crippen molar-refractivity contribution in [2.75, 3.05) is 26.2 Å². The van der Waals surface area contributed by atoms with Crippen molar-refractivity contribution >= 4 is 43.0 Å². The number of hydrogen-bond acceptors (Lipinski definition) is 5. The largest absolute Gasteiger partial charge is 0.252 e. The van der Waals surface area contributed by atoms with Crippen LogP contribution >= 0.6 is 22.9 Å². The molecule has 1 fully saturated rings. The summed E-state index contributed by atoms with van der Waals surface area (Å²) in [6.45, 7) is 4.14. The maximum absolute atomic E-state index is 12.9. The van der Waals surface area contributed by atoms with Gasteiger partial charge in [0.2, 0.25) is 10.0 Å². The standard InChI is InChI=1S/C16H19ClN2O4S3/c1-12-3-4-14(13(2)11-12)25(20,21)18-7-9-19(10-8-18)26(22,23)16-6-5-15(17)24-16/h3-6,11H,7-10H2,1-2H3. The molecule has 0 bridgehead atoms. The van der Waals surface area contributed by atoms with Gasteiger partial charge in [0.05, 0.1) is 9.23 Å². The summed E-state index contributed by atoms with van der Waals surface area (Å²) in [5.41, 5.74) is 1.68. The van der Waals surface area contributed by atoms with Gasteiger partial charge in [-0.2, -0.15) is 8.61 Å². The Bertz CT molecular complexity index is 1020. The first kappa shape index (κ1) is 19.8. The summed E-state index contributed by atoms with van der Waals surface area (Å²) in [5.74, 6) is 0. The Hall–Kier alpha value is -0.970. The molecule has 0 N–H and O–H groups in total. The lowest BCUT2D eigenvalue weighted by Crippen LogP contribution is -2.50. The van der Waals surface area contributed by atoms with Gasteiger partial charge in [0.1, 0.15) is 4.21 Å². The second-order valence-electron chi connectivity index (χ2n) is 6.14. The molecule has 10 heteroatoms. The van der Waals surface area contributed by atoms with Crippen molar-refractivity contribution < 1.29 is 16.8 Å². The van der Waals surface area contributed by atoms with Crippen LogP contribution in [0, 0.1) is 13.8 Å². The Kier molecular flexibility index (Phi) is 5.49. The van der Waals surface area contributed by atoms with Crippen LogP contribution in [0.2, 0.25) is 4.34 Å². The molecule has 0 atom stereocenters. The van der Waals surface area contributed by atoms with Gasteiger partial charge >= 0.3 is 0 Å². The fourth-order valence-corrected chi connectivity index (χ4v) is 7.63. The number of halogens is 1. The minimum Gasteiger partial charge on any atom is -0.207 e. The Morgan fingerprint density at radius 2 is 1.46 bits per heavy atom. The van der Waals surface area contributed by atoms with Gasteiger partial charge in [-0.05, 0) is 37.6 Å². The fraction of sp³-hybridized carbons (Fsp3) is 0.375. The molecular formula is C16H19ClN2O4S3. The summed E-state index contributed by atoms with van der Waals surface area (Å²) >= 11 is 6.83. The van der Waals surface area contributed by atoms with Crippen molar-refractivity contribution in [3.05, 3.63) is 45.8 Å². The van der Waals surface area contributed by atoms with Gasteiger partial charge in [0.15, 0.2) is 0 Å². The van der Waals surface area contributed by atoms with Crippen molar-refractivity contribution in [2.45, 2.75) is 23.0 Å². The predicted octanol–water partition coefficient (Wildman–Crippen LogP) is 2.71. The molecule has 2 heterocycles. The Morgan fingerprint density at radius 3 is 1.96 bits per heavy atom. The molecule has 0 spiro atoms. The number of benzene rings is 1. The van der Waals surface area contributed by atoms with E-state index in [-0.39, 0.29) is 35.3 Å². The molecule has 0 amide bonds. The quantitative estimate of drug-likeness (QED) is 0.741. The number of aryl methyl sites for hydroxylation is 2. The van der Waals surface area contributed by atoms with Crippen molar-refractivity contribution in [3.8, 4) is 0 Å². The van der Waals surface area contributed by atoms with E-state index in [2.05, 4.69) is 0 Å². The zero-order valence-corrected chi connectivity index (χ0v) is 17.6. The second-order valence-corrected chi connectivity index (χ2v) is 11.9. The molecule has 0 aliphatic carbocycles. The van der Waals surface area contributed by atoms with Crippen LogP contribution in [0.4, 0.5) is 0 Å². The highest BCUT2D eigenvalue weighted by molar-refractivity contribution is 7.91. The number of rotatable bonds is 4. The average molecular weight is 435 g/mol. The molecule has 3 rings (SSSR count). The number of sulfonamides is 2. The van der Waals surface area contributed by atoms with Crippen LogP contribution in [0.3, 0.4) is 0 Å². The Labute approximate surface area is 163 Å². The van der Waals surface area contributed by atoms with Crippen molar-refractivity contribution in [1.29, 1.82) is 0 Å². The third kappa shape index (κ3) is 3.69. The third-order valence-electron chi connectivity index (χ3n) is 4.29. The topological polar surface area (TPSA) is 74.8 Å². The van der Waals surface area contributed by atoms with Crippen LogP contribution < -0.4 is 0 Å². The lowest BCUT2D eigenvalue weighted by atomic mass is 10.2. The van der Waals surface area contributed by atoms with Crippen molar-refractivity contribution in [3.63, 3.8) is 0 Å². The summed E-state index contributed by atoms with van der Waals surface area (Å²) < 4.78 is 54.3. The molecule has 1 aliphatic heterocycles. The number of nitrogens with zero attached hydrogens (tertiary/aromatic N) is 2. The number of piperazine rings is 1. The van der Waals surface area contributed by atoms with Crippen LogP contribution in [-0.4, -0.2) is 51.6 Å². The number of hydrogen-bond donors (Lipinski definition) is 0. The molecule has 0 radical (unpaired) electrons. The van der Waals surface area contributed by atoms with E-state index in [0.29, 0.717) is 9.90 Å². The Balaban J connectivity index is 1.78. The van der Waals surface area contributed by atoms with E-state index >= 15 is 0 Å². The van der Waals surface area contributed by atoms with Gasteiger partial charge in [0.25, 0.3) is 10.0 Å². The SMILES string of the molecule is Cc1ccc(S(=O)(=O)N2CCN(S(=O)(=O)c3ccc(Cl)s3)CC2)c(C)c1. The highest BCUT2D eigenvalue weighted by atomic mass is 35.5. The zero-order chi connectivity index (χ0) is 19.1. The second kappa shape index (κ2) is 7.21. The molecule has 0 unspecified atom stereocenters. The predicted molar refractivity (Wildman–Crippen MR) is 103 cm³/mol. The van der Waals surface area contributed by atoms with Crippen LogP contribution in [0.15, 0.2) is 39.4 Å². The minimum absolute atomic E-state index is 0.113. The van der Waals surface area contributed by atoms with Crippen LogP contribution in [0.5, 0.6) is 0 Å². The molecule has 142 valence electrons. The first-order chi connectivity index (χ1) is 12.1. The smallest absolute Gasteiger partial charge is 0.207 e. The van der Waals surface area contributed by atoms with Crippen LogP contribution in [0.25, 0.3) is 0 Å². The van der Waals surface area contributed by atoms with Gasteiger partial charge in [-0.1, -0.05) is 29.3 Å². The van der Waals surface area contributed by atoms with E-state index in [9.17, 15) is 16.8 Å². The molecule has 26 heavy (non-hydrogen) atoms. The summed E-state index contributed by atoms with van der Waals surface area (Å²) in [6, 6.07) is 8.22. The maximum atomic E-state index is 12.9. The maximum Gasteiger partial charge on any atom is 0.252 e. The van der Waals surface area contributed by atoms with E-state index in [1.54, 1.807) is 25.1 Å². The first-order valence-corrected chi connectivity index (χ1v) is 12.0. The molecular weight excluding hydrogens is 416 g/mol. The normalized spacial score (nSPS) is 17.5. The molecule has 6 nitrogen and oxygen atoms in total. The van der Waals surface area contributed by atoms with E-state index in [1.807, 2.05) is 13.0 Å². The average Bonchev–Trinajstić information content (AvgIpc) is 3.02. The van der Waals surface area contributed by atoms with E-state index in [0.717, 1.165) is 16.9 Å². The van der Waals surface area contributed by atoms with Crippen molar-refractivity contribution in [2.24, 2.45) is 0 Å². The van der Waals surface area contributed by atoms with Gasteiger partial charge in [0, 0.05) is 26.2 Å². The monoisotopic (exact) mass is 434 g/mol. The van der Waals surface area contributed by atoms with Gasteiger partial charge < -0.3 is 0 Å². The van der Waals surface area contributed by atoms with E-state index < -0.39 is 20.0 Å². The van der Waals surface area contributed by atoms with Gasteiger partial charge in [-0.3, -0.25) is 0 Å². The molecule has 2 aromatic rings. The van der Waals surface area contributed by atoms with Gasteiger partial charge in [-0.25, -0.2) is 16.8 Å². The zero-order valence-electron chi connectivity index (χ0n) is 14.3. The summed E-state index contributed by atoms with van der Waals surface area (Å²) in [6.07, 6.45) is 0. The molecule has 1 aromatic heterocycles. The summed E-state index contributed by atoms with van der Waals surface area (Å²) in [7, 11) is -7.29. The van der Waals surface area contributed by atoms with E-state index in [1.165, 1.54) is 14.7 Å². The first-order valence-electron chi connectivity index (χ1n) is 7.95. The molecule has 0 saturated carbocycles. The lowest BCUT2D eigenvalue weighted by Gasteiger charge is -2.33. The van der Waals surface area contributed by atoms with Gasteiger partial charge in [-0.15, -0.1) is 11.3 Å². The Morgan fingerprint density at radius 1 is 0.885 bits per heavy atom. The van der Waals surface area contributed by atoms with E-state index in [4.69, 9.17) is 11.6 Å². The highest BCUT2D eigenvalue weighted by Crippen LogP contribution is 2.29. The highest BCUT2D eigenvalue weighted by Gasteiger charge is 2.34. The van der Waals surface area contributed by atoms with Crippen LogP contribution in [0.1, 0.15) is 11.1 Å². The van der Waals surface area contributed by atoms with Crippen molar-refractivity contribution in [1.82, 2.24) is 8.61 Å². The molecule has 1 aliphatic rings. The summed E-state index contributed by atoms with van der Waals surface area (Å²) in [5, 5.41) is 0. The lowest BCUT2D eigenvalue weighted by molar-refractivity contribution is 0.273. The molecule has 1 saturated heterocycles. The molecule has 1 aromatic carbocycles. The minimum atomic E-state index is -3.65.